The van der Waals surface area contributed by atoms with Crippen molar-refractivity contribution in [3.63, 3.8) is 0 Å². The molecule has 0 aliphatic carbocycles. The number of hydrogen-bond donors (Lipinski definition) is 1. The highest BCUT2D eigenvalue weighted by molar-refractivity contribution is 6.35. The molecular weight excluding hydrogens is 323 g/mol. The molecule has 0 amide bonds. The molecule has 0 aliphatic rings. The summed E-state index contributed by atoms with van der Waals surface area (Å²) in [7, 11) is 1.59. The number of rotatable bonds is 5. The van der Waals surface area contributed by atoms with E-state index < -0.39 is 6.10 Å². The number of aliphatic hydroxyl groups is 1. The molecule has 108 valence electrons. The van der Waals surface area contributed by atoms with E-state index in [0.717, 1.165) is 0 Å². The van der Waals surface area contributed by atoms with E-state index in [-0.39, 0.29) is 0 Å². The number of aromatic nitrogens is 2. The van der Waals surface area contributed by atoms with Gasteiger partial charge in [0.15, 0.2) is 0 Å². The Labute approximate surface area is 131 Å². The predicted octanol–water partition coefficient (Wildman–Crippen LogP) is 3.57. The van der Waals surface area contributed by atoms with Gasteiger partial charge in [0.25, 0.3) is 0 Å². The van der Waals surface area contributed by atoms with Crippen molar-refractivity contribution in [1.29, 1.82) is 0 Å². The Bertz CT molecular complexity index is 601. The van der Waals surface area contributed by atoms with Crippen LogP contribution in [0.2, 0.25) is 15.1 Å². The van der Waals surface area contributed by atoms with Gasteiger partial charge < -0.3 is 9.84 Å². The Morgan fingerprint density at radius 1 is 1.30 bits per heavy atom. The number of nitrogens with zero attached hydrogens (tertiary/aromatic N) is 2. The summed E-state index contributed by atoms with van der Waals surface area (Å²) in [6.07, 6.45) is 0.506. The highest BCUT2D eigenvalue weighted by atomic mass is 35.5. The summed E-state index contributed by atoms with van der Waals surface area (Å²) in [4.78, 5) is 0. The fraction of sp³-hybridized carbons (Fsp3) is 0.308. The quantitative estimate of drug-likeness (QED) is 0.908. The van der Waals surface area contributed by atoms with Crippen molar-refractivity contribution < 1.29 is 9.84 Å². The van der Waals surface area contributed by atoms with Crippen molar-refractivity contribution >= 4 is 34.8 Å². The van der Waals surface area contributed by atoms with E-state index in [0.29, 0.717) is 39.5 Å². The van der Waals surface area contributed by atoms with E-state index in [1.54, 1.807) is 30.0 Å². The monoisotopic (exact) mass is 334 g/mol. The van der Waals surface area contributed by atoms with E-state index in [9.17, 15) is 5.11 Å². The molecule has 1 unspecified atom stereocenters. The molecule has 0 saturated carbocycles. The Balaban J connectivity index is 2.37. The third-order valence-electron chi connectivity index (χ3n) is 2.86. The first-order valence-electron chi connectivity index (χ1n) is 5.87. The number of benzene rings is 1. The Kier molecular flexibility index (Phi) is 5.29. The van der Waals surface area contributed by atoms with E-state index in [1.165, 1.54) is 6.20 Å². The highest BCUT2D eigenvalue weighted by Crippen LogP contribution is 2.33. The van der Waals surface area contributed by atoms with E-state index in [2.05, 4.69) is 5.10 Å². The molecule has 1 N–H and O–H groups in total. The Morgan fingerprint density at radius 2 is 2.05 bits per heavy atom. The molecule has 1 atom stereocenters. The number of hydrogen-bond acceptors (Lipinski definition) is 3. The minimum absolute atomic E-state index is 0.375. The zero-order valence-electron chi connectivity index (χ0n) is 10.7. The molecule has 1 aromatic heterocycles. The van der Waals surface area contributed by atoms with Gasteiger partial charge in [0.2, 0.25) is 0 Å². The molecule has 0 saturated heterocycles. The van der Waals surface area contributed by atoms with Gasteiger partial charge in [-0.2, -0.15) is 5.10 Å². The summed E-state index contributed by atoms with van der Waals surface area (Å²) < 4.78 is 6.60. The van der Waals surface area contributed by atoms with Crippen LogP contribution in [0.4, 0.5) is 0 Å². The molecule has 2 aromatic rings. The number of aliphatic hydroxyl groups excluding tert-OH is 1. The van der Waals surface area contributed by atoms with Gasteiger partial charge in [-0.1, -0.05) is 40.9 Å². The zero-order valence-corrected chi connectivity index (χ0v) is 13.0. The largest absolute Gasteiger partial charge is 0.383 e. The average molecular weight is 336 g/mol. The van der Waals surface area contributed by atoms with Crippen LogP contribution in [0.15, 0.2) is 24.4 Å². The van der Waals surface area contributed by atoms with Gasteiger partial charge >= 0.3 is 0 Å². The molecular formula is C13H13Cl3N2O2. The average Bonchev–Trinajstić information content (AvgIpc) is 2.77. The second-order valence-electron chi connectivity index (χ2n) is 4.16. The SMILES string of the molecule is COCCn1ncc(Cl)c1C(O)c1ccc(Cl)cc1Cl. The van der Waals surface area contributed by atoms with E-state index in [1.807, 2.05) is 0 Å². The lowest BCUT2D eigenvalue weighted by atomic mass is 10.1. The first-order chi connectivity index (χ1) is 9.54. The summed E-state index contributed by atoms with van der Waals surface area (Å²) in [5, 5.41) is 15.9. The van der Waals surface area contributed by atoms with Crippen LogP contribution in [0.25, 0.3) is 0 Å². The molecule has 20 heavy (non-hydrogen) atoms. The summed E-state index contributed by atoms with van der Waals surface area (Å²) in [6.45, 7) is 0.951. The third kappa shape index (κ3) is 3.27. The van der Waals surface area contributed by atoms with Gasteiger partial charge in [-0.3, -0.25) is 4.68 Å². The number of ether oxygens (including phenoxy) is 1. The molecule has 0 spiro atoms. The first-order valence-corrected chi connectivity index (χ1v) is 7.01. The van der Waals surface area contributed by atoms with Gasteiger partial charge in [-0.25, -0.2) is 0 Å². The van der Waals surface area contributed by atoms with Crippen molar-refractivity contribution in [3.8, 4) is 0 Å². The molecule has 0 radical (unpaired) electrons. The van der Waals surface area contributed by atoms with Gasteiger partial charge in [-0.15, -0.1) is 0 Å². The maximum atomic E-state index is 10.5. The third-order valence-corrected chi connectivity index (χ3v) is 3.71. The molecule has 7 heteroatoms. The fourth-order valence-corrected chi connectivity index (χ4v) is 2.63. The summed E-state index contributed by atoms with van der Waals surface area (Å²) in [5.74, 6) is 0. The fourth-order valence-electron chi connectivity index (χ4n) is 1.87. The second-order valence-corrected chi connectivity index (χ2v) is 5.41. The van der Waals surface area contributed by atoms with Crippen molar-refractivity contribution in [2.75, 3.05) is 13.7 Å². The number of halogens is 3. The van der Waals surface area contributed by atoms with E-state index in [4.69, 9.17) is 39.5 Å². The van der Waals surface area contributed by atoms with Crippen LogP contribution >= 0.6 is 34.8 Å². The number of methoxy groups -OCH3 is 1. The maximum Gasteiger partial charge on any atom is 0.124 e. The lowest BCUT2D eigenvalue weighted by Crippen LogP contribution is -2.13. The van der Waals surface area contributed by atoms with Crippen LogP contribution in [0, 0.1) is 0 Å². The molecule has 4 nitrogen and oxygen atoms in total. The molecule has 1 heterocycles. The van der Waals surface area contributed by atoms with Crippen LogP contribution < -0.4 is 0 Å². The lowest BCUT2D eigenvalue weighted by molar-refractivity contribution is 0.171. The van der Waals surface area contributed by atoms with Gasteiger partial charge in [-0.05, 0) is 12.1 Å². The standard InChI is InChI=1S/C13H13Cl3N2O2/c1-20-5-4-18-12(11(16)7-17-18)13(19)9-3-2-8(14)6-10(9)15/h2-3,6-7,13,19H,4-5H2,1H3. The molecule has 2 rings (SSSR count). The topological polar surface area (TPSA) is 47.3 Å². The summed E-state index contributed by atoms with van der Waals surface area (Å²) in [5.41, 5.74) is 1.00. The molecule has 1 aromatic carbocycles. The summed E-state index contributed by atoms with van der Waals surface area (Å²) >= 11 is 18.1. The Morgan fingerprint density at radius 3 is 2.70 bits per heavy atom. The first kappa shape index (κ1) is 15.6. The lowest BCUT2D eigenvalue weighted by Gasteiger charge is -2.15. The van der Waals surface area contributed by atoms with Crippen LogP contribution in [-0.2, 0) is 11.3 Å². The van der Waals surface area contributed by atoms with Crippen LogP contribution in [-0.4, -0.2) is 28.6 Å². The smallest absolute Gasteiger partial charge is 0.124 e. The van der Waals surface area contributed by atoms with E-state index >= 15 is 0 Å². The second kappa shape index (κ2) is 6.78. The van der Waals surface area contributed by atoms with Crippen molar-refractivity contribution in [1.82, 2.24) is 9.78 Å². The van der Waals surface area contributed by atoms with Gasteiger partial charge in [0.05, 0.1) is 30.1 Å². The molecule has 0 aliphatic heterocycles. The minimum Gasteiger partial charge on any atom is -0.383 e. The summed E-state index contributed by atoms with van der Waals surface area (Å²) in [6, 6.07) is 4.90. The molecule has 0 bridgehead atoms. The predicted molar refractivity (Wildman–Crippen MR) is 79.6 cm³/mol. The van der Waals surface area contributed by atoms with Gasteiger partial charge in [0.1, 0.15) is 6.10 Å². The van der Waals surface area contributed by atoms with Crippen LogP contribution in [0.5, 0.6) is 0 Å². The van der Waals surface area contributed by atoms with Crippen molar-refractivity contribution in [3.05, 3.63) is 50.7 Å². The normalized spacial score (nSPS) is 12.7. The Hall–Kier alpha value is -0.780. The maximum absolute atomic E-state index is 10.5. The van der Waals surface area contributed by atoms with Gasteiger partial charge in [0, 0.05) is 22.7 Å². The van der Waals surface area contributed by atoms with Crippen LogP contribution in [0.3, 0.4) is 0 Å². The zero-order chi connectivity index (χ0) is 14.7. The minimum atomic E-state index is -0.980. The molecule has 0 fully saturated rings. The van der Waals surface area contributed by atoms with Crippen molar-refractivity contribution in [2.45, 2.75) is 12.6 Å². The van der Waals surface area contributed by atoms with Crippen LogP contribution in [0.1, 0.15) is 17.4 Å². The highest BCUT2D eigenvalue weighted by Gasteiger charge is 2.22. The van der Waals surface area contributed by atoms with Crippen molar-refractivity contribution in [2.24, 2.45) is 0 Å².